The maximum Gasteiger partial charge on any atom is 0.409 e. The molecule has 1 fully saturated rings. The minimum atomic E-state index is -0.259. The van der Waals surface area contributed by atoms with Crippen LogP contribution in [0.3, 0.4) is 0 Å². The fourth-order valence-corrected chi connectivity index (χ4v) is 3.02. The summed E-state index contributed by atoms with van der Waals surface area (Å²) in [6.45, 7) is 8.09. The summed E-state index contributed by atoms with van der Waals surface area (Å²) < 4.78 is 5.04. The molecule has 0 aromatic carbocycles. The number of aryl methyl sites for hydroxylation is 1. The van der Waals surface area contributed by atoms with Crippen molar-refractivity contribution in [1.82, 2.24) is 20.2 Å². The van der Waals surface area contributed by atoms with Crippen molar-refractivity contribution in [3.05, 3.63) is 17.5 Å². The monoisotopic (exact) mass is 377 g/mol. The number of likely N-dealkylation sites (tertiary alicyclic amines) is 1. The van der Waals surface area contributed by atoms with Gasteiger partial charge in [-0.2, -0.15) is 0 Å². The second-order valence-electron chi connectivity index (χ2n) is 6.79. The van der Waals surface area contributed by atoms with E-state index in [2.05, 4.69) is 27.5 Å². The molecule has 2 rings (SSSR count). The average Bonchev–Trinajstić information content (AvgIpc) is 2.65. The van der Waals surface area contributed by atoms with Crippen LogP contribution < -0.4 is 10.6 Å². The number of carbonyl (C=O) groups is 2. The summed E-state index contributed by atoms with van der Waals surface area (Å²) in [4.78, 5) is 34.5. The molecule has 1 saturated heterocycles. The van der Waals surface area contributed by atoms with E-state index in [1.54, 1.807) is 17.9 Å². The van der Waals surface area contributed by atoms with E-state index >= 15 is 0 Å². The fraction of sp³-hybridized carbons (Fsp3) is 0.684. The van der Waals surface area contributed by atoms with E-state index in [-0.39, 0.29) is 18.0 Å². The molecule has 2 heterocycles. The molecule has 0 atom stereocenters. The zero-order valence-corrected chi connectivity index (χ0v) is 16.6. The Balaban J connectivity index is 1.89. The van der Waals surface area contributed by atoms with E-state index in [4.69, 9.17) is 4.74 Å². The van der Waals surface area contributed by atoms with Crippen LogP contribution >= 0.6 is 0 Å². The third-order valence-corrected chi connectivity index (χ3v) is 4.51. The third-order valence-electron chi connectivity index (χ3n) is 4.51. The molecule has 0 spiro atoms. The van der Waals surface area contributed by atoms with E-state index in [1.165, 1.54) is 0 Å². The van der Waals surface area contributed by atoms with Crippen LogP contribution in [0.1, 0.15) is 62.1 Å². The summed E-state index contributed by atoms with van der Waals surface area (Å²) in [5, 5.41) is 6.21. The molecule has 8 nitrogen and oxygen atoms in total. The van der Waals surface area contributed by atoms with Crippen molar-refractivity contribution in [2.24, 2.45) is 0 Å². The van der Waals surface area contributed by atoms with Crippen LogP contribution in [0.2, 0.25) is 0 Å². The van der Waals surface area contributed by atoms with E-state index in [9.17, 15) is 9.59 Å². The van der Waals surface area contributed by atoms with Crippen LogP contribution in [-0.4, -0.2) is 59.2 Å². The second kappa shape index (κ2) is 10.7. The van der Waals surface area contributed by atoms with Gasteiger partial charge in [0.25, 0.3) is 5.91 Å². The average molecular weight is 377 g/mol. The van der Waals surface area contributed by atoms with Crippen LogP contribution in [0.5, 0.6) is 0 Å². The molecular weight excluding hydrogens is 346 g/mol. The molecule has 0 aliphatic carbocycles. The smallest absolute Gasteiger partial charge is 0.409 e. The Morgan fingerprint density at radius 2 is 1.96 bits per heavy atom. The number of piperidine rings is 1. The number of hydrogen-bond acceptors (Lipinski definition) is 6. The summed E-state index contributed by atoms with van der Waals surface area (Å²) in [5.74, 6) is 0.292. The first kappa shape index (κ1) is 20.9. The largest absolute Gasteiger partial charge is 0.450 e. The van der Waals surface area contributed by atoms with Crippen molar-refractivity contribution in [2.45, 2.75) is 58.9 Å². The number of unbranched alkanes of at least 4 members (excludes halogenated alkanes) is 2. The molecule has 1 aliphatic heterocycles. The number of amides is 2. The van der Waals surface area contributed by atoms with Crippen LogP contribution in [-0.2, 0) is 4.74 Å². The topological polar surface area (TPSA) is 96.5 Å². The highest BCUT2D eigenvalue weighted by Crippen LogP contribution is 2.16. The van der Waals surface area contributed by atoms with Crippen molar-refractivity contribution in [1.29, 1.82) is 0 Å². The van der Waals surface area contributed by atoms with Gasteiger partial charge in [0.1, 0.15) is 5.69 Å². The van der Waals surface area contributed by atoms with E-state index in [1.807, 2.05) is 6.92 Å². The highest BCUT2D eigenvalue weighted by molar-refractivity contribution is 5.92. The minimum absolute atomic E-state index is 0.165. The molecule has 0 bridgehead atoms. The molecule has 0 radical (unpaired) electrons. The van der Waals surface area contributed by atoms with Gasteiger partial charge in [-0.25, -0.2) is 14.8 Å². The number of nitrogens with zero attached hydrogens (tertiary/aromatic N) is 3. The summed E-state index contributed by atoms with van der Waals surface area (Å²) in [7, 11) is 0. The lowest BCUT2D eigenvalue weighted by Gasteiger charge is -2.31. The number of ether oxygens (including phenoxy) is 1. The Morgan fingerprint density at radius 1 is 1.22 bits per heavy atom. The van der Waals surface area contributed by atoms with E-state index < -0.39 is 0 Å². The molecule has 8 heteroatoms. The lowest BCUT2D eigenvalue weighted by molar-refractivity contribution is 0.0945. The normalized spacial score (nSPS) is 14.7. The van der Waals surface area contributed by atoms with E-state index in [0.29, 0.717) is 37.9 Å². The van der Waals surface area contributed by atoms with Crippen LogP contribution in [0.4, 0.5) is 10.7 Å². The minimum Gasteiger partial charge on any atom is -0.450 e. The van der Waals surface area contributed by atoms with Gasteiger partial charge < -0.3 is 20.3 Å². The highest BCUT2D eigenvalue weighted by Gasteiger charge is 2.24. The van der Waals surface area contributed by atoms with Crippen molar-refractivity contribution in [3.8, 4) is 0 Å². The van der Waals surface area contributed by atoms with Gasteiger partial charge >= 0.3 is 6.09 Å². The maximum absolute atomic E-state index is 12.3. The Bertz CT molecular complexity index is 630. The first-order chi connectivity index (χ1) is 13.0. The van der Waals surface area contributed by atoms with Crippen LogP contribution in [0.25, 0.3) is 0 Å². The van der Waals surface area contributed by atoms with Gasteiger partial charge in [0.05, 0.1) is 6.61 Å². The predicted octanol–water partition coefficient (Wildman–Crippen LogP) is 2.74. The number of hydrogen-bond donors (Lipinski definition) is 2. The molecule has 2 amide bonds. The zero-order valence-electron chi connectivity index (χ0n) is 16.6. The number of rotatable bonds is 8. The maximum atomic E-state index is 12.3. The summed E-state index contributed by atoms with van der Waals surface area (Å²) >= 11 is 0. The SMILES string of the molecule is CCCCCNC(=O)c1cc(C)nc(NC2CCN(C(=O)OCC)CC2)n1. The molecular formula is C19H31N5O3. The fourth-order valence-electron chi connectivity index (χ4n) is 3.02. The van der Waals surface area contributed by atoms with Crippen LogP contribution in [0.15, 0.2) is 6.07 Å². The molecule has 1 aromatic heterocycles. The van der Waals surface area contributed by atoms with Gasteiger partial charge in [-0.05, 0) is 39.2 Å². The summed E-state index contributed by atoms with van der Waals surface area (Å²) in [6, 6.07) is 1.86. The van der Waals surface area contributed by atoms with Gasteiger partial charge in [0, 0.05) is 31.4 Å². The van der Waals surface area contributed by atoms with Crippen molar-refractivity contribution < 1.29 is 14.3 Å². The molecule has 150 valence electrons. The second-order valence-corrected chi connectivity index (χ2v) is 6.79. The molecule has 27 heavy (non-hydrogen) atoms. The molecule has 1 aromatic rings. The summed E-state index contributed by atoms with van der Waals surface area (Å²) in [5.41, 5.74) is 1.13. The van der Waals surface area contributed by atoms with Gasteiger partial charge in [-0.15, -0.1) is 0 Å². The van der Waals surface area contributed by atoms with Gasteiger partial charge in [0.15, 0.2) is 0 Å². The van der Waals surface area contributed by atoms with E-state index in [0.717, 1.165) is 37.8 Å². The number of aromatic nitrogens is 2. The zero-order chi connectivity index (χ0) is 19.6. The van der Waals surface area contributed by atoms with Crippen molar-refractivity contribution in [2.75, 3.05) is 31.6 Å². The lowest BCUT2D eigenvalue weighted by Crippen LogP contribution is -2.42. The Morgan fingerprint density at radius 3 is 2.63 bits per heavy atom. The first-order valence-corrected chi connectivity index (χ1v) is 9.85. The first-order valence-electron chi connectivity index (χ1n) is 9.85. The Kier molecular flexibility index (Phi) is 8.29. The third kappa shape index (κ3) is 6.69. The highest BCUT2D eigenvalue weighted by atomic mass is 16.6. The Labute approximate surface area is 161 Å². The lowest BCUT2D eigenvalue weighted by atomic mass is 10.1. The quantitative estimate of drug-likeness (QED) is 0.676. The van der Waals surface area contributed by atoms with Crippen LogP contribution in [0, 0.1) is 6.92 Å². The van der Waals surface area contributed by atoms with Crippen molar-refractivity contribution in [3.63, 3.8) is 0 Å². The predicted molar refractivity (Wildman–Crippen MR) is 104 cm³/mol. The van der Waals surface area contributed by atoms with Gasteiger partial charge in [-0.3, -0.25) is 4.79 Å². The van der Waals surface area contributed by atoms with Gasteiger partial charge in [-0.1, -0.05) is 19.8 Å². The van der Waals surface area contributed by atoms with Gasteiger partial charge in [0.2, 0.25) is 5.95 Å². The summed E-state index contributed by atoms with van der Waals surface area (Å²) in [6.07, 6.45) is 4.50. The molecule has 0 saturated carbocycles. The molecule has 0 unspecified atom stereocenters. The Hall–Kier alpha value is -2.38. The molecule has 2 N–H and O–H groups in total. The molecule has 1 aliphatic rings. The number of anilines is 1. The number of carbonyl (C=O) groups excluding carboxylic acids is 2. The standard InChI is InChI=1S/C19H31N5O3/c1-4-6-7-10-20-17(25)16-13-14(3)21-18(23-16)22-15-8-11-24(12-9-15)19(26)27-5-2/h13,15H,4-12H2,1-3H3,(H,20,25)(H,21,22,23). The van der Waals surface area contributed by atoms with Crippen molar-refractivity contribution >= 4 is 17.9 Å². The number of nitrogens with one attached hydrogen (secondary N) is 2.